The first-order valence-electron chi connectivity index (χ1n) is 10.6. The van der Waals surface area contributed by atoms with Crippen molar-refractivity contribution in [3.63, 3.8) is 0 Å². The minimum Gasteiger partial charge on any atom is -0.489 e. The van der Waals surface area contributed by atoms with Crippen LogP contribution in [0.3, 0.4) is 0 Å². The number of hydrogen-bond donors (Lipinski definition) is 1. The Labute approximate surface area is 187 Å². The van der Waals surface area contributed by atoms with Crippen LogP contribution in [0.25, 0.3) is 0 Å². The molecular formula is C25H26FN3O3. The molecule has 0 spiro atoms. The lowest BCUT2D eigenvalue weighted by Gasteiger charge is -2.37. The number of ether oxygens (including phenoxy) is 2. The third kappa shape index (κ3) is 5.42. The monoisotopic (exact) mass is 435 g/mol. The van der Waals surface area contributed by atoms with Gasteiger partial charge in [-0.2, -0.15) is 0 Å². The van der Waals surface area contributed by atoms with Gasteiger partial charge in [-0.15, -0.1) is 0 Å². The lowest BCUT2D eigenvalue weighted by molar-refractivity contribution is -0.00539. The van der Waals surface area contributed by atoms with Crippen molar-refractivity contribution >= 4 is 17.3 Å². The van der Waals surface area contributed by atoms with Crippen molar-refractivity contribution < 1.29 is 18.7 Å². The van der Waals surface area contributed by atoms with Crippen molar-refractivity contribution in [3.8, 4) is 5.75 Å². The van der Waals surface area contributed by atoms with Crippen LogP contribution < -0.4 is 15.0 Å². The Balaban J connectivity index is 1.41. The maximum absolute atomic E-state index is 14.8. The van der Waals surface area contributed by atoms with Crippen molar-refractivity contribution in [2.24, 2.45) is 0 Å². The minimum atomic E-state index is -0.377. The van der Waals surface area contributed by atoms with E-state index < -0.39 is 0 Å². The topological polar surface area (TPSA) is 63.7 Å². The number of pyridine rings is 1. The van der Waals surface area contributed by atoms with Gasteiger partial charge >= 0.3 is 0 Å². The normalized spacial score (nSPS) is 18.3. The highest BCUT2D eigenvalue weighted by molar-refractivity contribution is 6.04. The molecule has 0 aliphatic carbocycles. The van der Waals surface area contributed by atoms with Crippen LogP contribution >= 0.6 is 0 Å². The molecule has 2 heterocycles. The number of halogens is 1. The summed E-state index contributed by atoms with van der Waals surface area (Å²) >= 11 is 0. The lowest BCUT2D eigenvalue weighted by atomic mass is 10.1. The number of carbonyl (C=O) groups excluding carboxylic acids is 1. The summed E-state index contributed by atoms with van der Waals surface area (Å²) in [6.07, 6.45) is 3.49. The first kappa shape index (κ1) is 21.8. The molecule has 1 N–H and O–H groups in total. The van der Waals surface area contributed by atoms with Crippen LogP contribution in [0, 0.1) is 5.82 Å². The van der Waals surface area contributed by atoms with Crippen LogP contribution in [0.5, 0.6) is 5.75 Å². The highest BCUT2D eigenvalue weighted by atomic mass is 19.1. The van der Waals surface area contributed by atoms with Gasteiger partial charge in [0.05, 0.1) is 17.9 Å². The summed E-state index contributed by atoms with van der Waals surface area (Å²) in [5.41, 5.74) is 2.26. The van der Waals surface area contributed by atoms with Crippen molar-refractivity contribution in [1.29, 1.82) is 0 Å². The number of aromatic nitrogens is 1. The predicted octanol–water partition coefficient (Wildman–Crippen LogP) is 4.67. The fourth-order valence-electron chi connectivity index (χ4n) is 3.80. The molecule has 7 heteroatoms. The van der Waals surface area contributed by atoms with Crippen LogP contribution in [0.15, 0.2) is 67.0 Å². The molecule has 0 bridgehead atoms. The minimum absolute atomic E-state index is 0.0326. The molecule has 2 aromatic carbocycles. The number of carbonyl (C=O) groups is 1. The van der Waals surface area contributed by atoms with Gasteiger partial charge in [0.15, 0.2) is 0 Å². The SMILES string of the molecule is CC1CN(c2ccc(NC(=O)c3cccc(OCc4cccnc4)c3)cc2F)CC(C)O1. The molecule has 1 amide bonds. The van der Waals surface area contributed by atoms with Crippen LogP contribution in [0.2, 0.25) is 0 Å². The zero-order valence-electron chi connectivity index (χ0n) is 18.1. The average Bonchev–Trinajstić information content (AvgIpc) is 2.78. The van der Waals surface area contributed by atoms with Gasteiger partial charge in [0.25, 0.3) is 5.91 Å². The highest BCUT2D eigenvalue weighted by Gasteiger charge is 2.24. The number of nitrogens with one attached hydrogen (secondary N) is 1. The van der Waals surface area contributed by atoms with Crippen LogP contribution in [-0.4, -0.2) is 36.2 Å². The van der Waals surface area contributed by atoms with Crippen molar-refractivity contribution in [2.75, 3.05) is 23.3 Å². The van der Waals surface area contributed by atoms with Gasteiger partial charge in [-0.1, -0.05) is 12.1 Å². The van der Waals surface area contributed by atoms with E-state index in [9.17, 15) is 9.18 Å². The van der Waals surface area contributed by atoms with E-state index >= 15 is 0 Å². The standard InChI is InChI=1S/C25H26FN3O3/c1-17-14-29(15-18(2)32-17)24-9-8-21(12-23(24)26)28-25(30)20-6-3-7-22(11-20)31-16-19-5-4-10-27-13-19/h3-13,17-18H,14-16H2,1-2H3,(H,28,30). The van der Waals surface area contributed by atoms with Gasteiger partial charge in [-0.05, 0) is 56.3 Å². The first-order valence-corrected chi connectivity index (χ1v) is 10.6. The summed E-state index contributed by atoms with van der Waals surface area (Å²) in [5, 5.41) is 2.76. The molecular weight excluding hydrogens is 409 g/mol. The van der Waals surface area contributed by atoms with E-state index in [-0.39, 0.29) is 23.9 Å². The molecule has 2 unspecified atom stereocenters. The number of rotatable bonds is 6. The number of hydrogen-bond acceptors (Lipinski definition) is 5. The Hall–Kier alpha value is -3.45. The van der Waals surface area contributed by atoms with Crippen molar-refractivity contribution in [1.82, 2.24) is 4.98 Å². The molecule has 2 atom stereocenters. The maximum Gasteiger partial charge on any atom is 0.255 e. The largest absolute Gasteiger partial charge is 0.489 e. The number of morpholine rings is 1. The summed E-state index contributed by atoms with van der Waals surface area (Å²) in [5.74, 6) is -0.145. The summed E-state index contributed by atoms with van der Waals surface area (Å²) in [4.78, 5) is 18.7. The molecule has 3 aromatic rings. The third-order valence-electron chi connectivity index (χ3n) is 5.19. The van der Waals surface area contributed by atoms with E-state index in [1.807, 2.05) is 30.9 Å². The third-order valence-corrected chi connectivity index (χ3v) is 5.19. The fraction of sp³-hybridized carbons (Fsp3) is 0.280. The predicted molar refractivity (Wildman–Crippen MR) is 122 cm³/mol. The number of anilines is 2. The van der Waals surface area contributed by atoms with Crippen molar-refractivity contribution in [2.45, 2.75) is 32.7 Å². The number of benzene rings is 2. The number of amides is 1. The molecule has 1 aromatic heterocycles. The molecule has 166 valence electrons. The molecule has 6 nitrogen and oxygen atoms in total. The second-order valence-corrected chi connectivity index (χ2v) is 7.96. The Bertz CT molecular complexity index is 1070. The second kappa shape index (κ2) is 9.78. The molecule has 32 heavy (non-hydrogen) atoms. The molecule has 1 aliphatic rings. The summed E-state index contributed by atoms with van der Waals surface area (Å²) < 4.78 is 26.3. The van der Waals surface area contributed by atoms with Gasteiger partial charge in [0.1, 0.15) is 18.2 Å². The smallest absolute Gasteiger partial charge is 0.255 e. The molecule has 1 saturated heterocycles. The van der Waals surface area contributed by atoms with Gasteiger partial charge < -0.3 is 19.7 Å². The quantitative estimate of drug-likeness (QED) is 0.610. The fourth-order valence-corrected chi connectivity index (χ4v) is 3.80. The Kier molecular flexibility index (Phi) is 6.66. The summed E-state index contributed by atoms with van der Waals surface area (Å²) in [6, 6.07) is 15.4. The Morgan fingerprint density at radius 2 is 1.97 bits per heavy atom. The van der Waals surface area contributed by atoms with Gasteiger partial charge in [-0.25, -0.2) is 4.39 Å². The molecule has 0 radical (unpaired) electrons. The van der Waals surface area contributed by atoms with Crippen molar-refractivity contribution in [3.05, 3.63) is 83.9 Å². The molecule has 1 aliphatic heterocycles. The Morgan fingerprint density at radius 1 is 1.16 bits per heavy atom. The van der Waals surface area contributed by atoms with Gasteiger partial charge in [-0.3, -0.25) is 9.78 Å². The summed E-state index contributed by atoms with van der Waals surface area (Å²) in [7, 11) is 0. The number of nitrogens with zero attached hydrogens (tertiary/aromatic N) is 2. The average molecular weight is 435 g/mol. The summed E-state index contributed by atoms with van der Waals surface area (Å²) in [6.45, 7) is 5.55. The zero-order chi connectivity index (χ0) is 22.5. The Morgan fingerprint density at radius 3 is 2.69 bits per heavy atom. The van der Waals surface area contributed by atoms with E-state index in [1.54, 1.807) is 48.8 Å². The first-order chi connectivity index (χ1) is 15.5. The molecule has 0 saturated carbocycles. The van der Waals surface area contributed by atoms with E-state index in [0.29, 0.717) is 42.4 Å². The van der Waals surface area contributed by atoms with Crippen LogP contribution in [-0.2, 0) is 11.3 Å². The van der Waals surface area contributed by atoms with Gasteiger partial charge in [0, 0.05) is 42.3 Å². The van der Waals surface area contributed by atoms with E-state index in [1.165, 1.54) is 6.07 Å². The maximum atomic E-state index is 14.8. The van der Waals surface area contributed by atoms with Crippen LogP contribution in [0.1, 0.15) is 29.8 Å². The second-order valence-electron chi connectivity index (χ2n) is 7.96. The lowest BCUT2D eigenvalue weighted by Crippen LogP contribution is -2.45. The molecule has 4 rings (SSSR count). The van der Waals surface area contributed by atoms with E-state index in [2.05, 4.69) is 10.3 Å². The highest BCUT2D eigenvalue weighted by Crippen LogP contribution is 2.26. The van der Waals surface area contributed by atoms with Crippen LogP contribution in [0.4, 0.5) is 15.8 Å². The van der Waals surface area contributed by atoms with E-state index in [4.69, 9.17) is 9.47 Å². The molecule has 1 fully saturated rings. The van der Waals surface area contributed by atoms with Gasteiger partial charge in [0.2, 0.25) is 0 Å². The zero-order valence-corrected chi connectivity index (χ0v) is 18.1. The van der Waals surface area contributed by atoms with E-state index in [0.717, 1.165) is 5.56 Å².